The lowest BCUT2D eigenvalue weighted by Gasteiger charge is -2.33. The van der Waals surface area contributed by atoms with Crippen molar-refractivity contribution in [1.82, 2.24) is 4.90 Å². The fourth-order valence-electron chi connectivity index (χ4n) is 1.99. The summed E-state index contributed by atoms with van der Waals surface area (Å²) in [6.45, 7) is 13.9. The van der Waals surface area contributed by atoms with Gasteiger partial charge >= 0.3 is 0 Å². The maximum absolute atomic E-state index is 2.58. The molecule has 1 heteroatoms. The van der Waals surface area contributed by atoms with E-state index in [1.165, 1.54) is 25.9 Å². The van der Waals surface area contributed by atoms with Crippen LogP contribution in [0.3, 0.4) is 0 Å². The van der Waals surface area contributed by atoms with Crippen LogP contribution in [0.25, 0.3) is 0 Å². The third-order valence-corrected chi connectivity index (χ3v) is 3.00. The molecule has 0 aromatic carbocycles. The van der Waals surface area contributed by atoms with Gasteiger partial charge in [0.2, 0.25) is 0 Å². The predicted molar refractivity (Wildman–Crippen MR) is 56.5 cm³/mol. The van der Waals surface area contributed by atoms with Gasteiger partial charge in [0.15, 0.2) is 0 Å². The number of rotatable bonds is 6. The van der Waals surface area contributed by atoms with E-state index in [4.69, 9.17) is 0 Å². The maximum Gasteiger partial charge on any atom is 0.0118 e. The highest BCUT2D eigenvalue weighted by molar-refractivity contribution is 4.73. The van der Waals surface area contributed by atoms with E-state index in [9.17, 15) is 0 Å². The Kier molecular flexibility index (Phi) is 6.45. The van der Waals surface area contributed by atoms with Gasteiger partial charge in [0.1, 0.15) is 0 Å². The van der Waals surface area contributed by atoms with Crippen LogP contribution in [0.15, 0.2) is 0 Å². The summed E-state index contributed by atoms with van der Waals surface area (Å²) in [4.78, 5) is 2.58. The van der Waals surface area contributed by atoms with Gasteiger partial charge in [-0.15, -0.1) is 0 Å². The smallest absolute Gasteiger partial charge is 0.0118 e. The summed E-state index contributed by atoms with van der Waals surface area (Å²) >= 11 is 0. The van der Waals surface area contributed by atoms with Crippen molar-refractivity contribution in [3.63, 3.8) is 0 Å². The highest BCUT2D eigenvalue weighted by Crippen LogP contribution is 2.17. The molecular weight excluding hydrogens is 146 g/mol. The van der Waals surface area contributed by atoms with Crippen LogP contribution in [0.5, 0.6) is 0 Å². The van der Waals surface area contributed by atoms with E-state index in [1.807, 2.05) is 0 Å². The second-order valence-corrected chi connectivity index (χ2v) is 3.58. The zero-order valence-corrected chi connectivity index (χ0v) is 9.43. The van der Waals surface area contributed by atoms with Gasteiger partial charge in [-0.05, 0) is 25.4 Å². The lowest BCUT2D eigenvalue weighted by atomic mass is 9.95. The molecule has 1 unspecified atom stereocenters. The minimum absolute atomic E-state index is 0.796. The monoisotopic (exact) mass is 171 g/mol. The Bertz CT molecular complexity index is 97.2. The Balaban J connectivity index is 4.09. The molecule has 74 valence electrons. The number of hydrogen-bond donors (Lipinski definition) is 0. The second kappa shape index (κ2) is 6.47. The number of nitrogens with zero attached hydrogens (tertiary/aromatic N) is 1. The Hall–Kier alpha value is -0.0400. The second-order valence-electron chi connectivity index (χ2n) is 3.58. The lowest BCUT2D eigenvalue weighted by Crippen LogP contribution is -2.38. The summed E-state index contributed by atoms with van der Waals surface area (Å²) in [5, 5.41) is 0. The normalized spacial score (nSPS) is 16.5. The molecule has 0 aliphatic heterocycles. The Morgan fingerprint density at radius 2 is 1.42 bits per heavy atom. The molecule has 0 rings (SSSR count). The van der Waals surface area contributed by atoms with E-state index < -0.39 is 0 Å². The van der Waals surface area contributed by atoms with Gasteiger partial charge in [-0.3, -0.25) is 0 Å². The average molecular weight is 171 g/mol. The number of hydrogen-bond acceptors (Lipinski definition) is 1. The molecule has 0 bridgehead atoms. The van der Waals surface area contributed by atoms with Crippen molar-refractivity contribution in [1.29, 1.82) is 0 Å². The summed E-state index contributed by atoms with van der Waals surface area (Å²) in [6, 6.07) is 0.796. The van der Waals surface area contributed by atoms with Crippen LogP contribution in [0.2, 0.25) is 0 Å². The van der Waals surface area contributed by atoms with Gasteiger partial charge in [0.25, 0.3) is 0 Å². The standard InChI is InChI=1S/C11H25N/c1-6-10(5)11(7-2)12(8-3)9-4/h10-11H,6-9H2,1-5H3/t10?,11-/m0/s1. The van der Waals surface area contributed by atoms with Crippen molar-refractivity contribution in [3.05, 3.63) is 0 Å². The van der Waals surface area contributed by atoms with Crippen LogP contribution in [0.1, 0.15) is 47.5 Å². The Morgan fingerprint density at radius 1 is 0.917 bits per heavy atom. The van der Waals surface area contributed by atoms with Crippen LogP contribution in [0.4, 0.5) is 0 Å². The SMILES string of the molecule is CCC(C)[C@H](CC)N(CC)CC. The lowest BCUT2D eigenvalue weighted by molar-refractivity contribution is 0.155. The Labute approximate surface area is 78.1 Å². The maximum atomic E-state index is 2.58. The minimum atomic E-state index is 0.796. The van der Waals surface area contributed by atoms with Crippen molar-refractivity contribution in [2.24, 2.45) is 5.92 Å². The molecule has 0 aliphatic rings. The van der Waals surface area contributed by atoms with Gasteiger partial charge in [-0.1, -0.05) is 41.0 Å². The molecule has 0 amide bonds. The van der Waals surface area contributed by atoms with Gasteiger partial charge < -0.3 is 4.90 Å². The molecule has 2 atom stereocenters. The first-order chi connectivity index (χ1) is 5.71. The molecule has 0 heterocycles. The topological polar surface area (TPSA) is 3.24 Å². The third kappa shape index (κ3) is 3.14. The molecule has 0 N–H and O–H groups in total. The summed E-state index contributed by atoms with van der Waals surface area (Å²) in [5.41, 5.74) is 0. The molecule has 0 radical (unpaired) electrons. The van der Waals surface area contributed by atoms with Gasteiger partial charge in [0, 0.05) is 6.04 Å². The molecule has 12 heavy (non-hydrogen) atoms. The van der Waals surface area contributed by atoms with Gasteiger partial charge in [0.05, 0.1) is 0 Å². The molecule has 0 aromatic heterocycles. The summed E-state index contributed by atoms with van der Waals surface area (Å²) in [5.74, 6) is 0.842. The van der Waals surface area contributed by atoms with Gasteiger partial charge in [-0.2, -0.15) is 0 Å². The molecule has 0 fully saturated rings. The molecule has 0 spiro atoms. The van der Waals surface area contributed by atoms with Crippen LogP contribution in [-0.2, 0) is 0 Å². The average Bonchev–Trinajstić information content (AvgIpc) is 2.12. The fraction of sp³-hybridized carbons (Fsp3) is 1.00. The van der Waals surface area contributed by atoms with E-state index in [0.29, 0.717) is 0 Å². The zero-order chi connectivity index (χ0) is 9.56. The molecule has 1 nitrogen and oxygen atoms in total. The van der Waals surface area contributed by atoms with E-state index in [2.05, 4.69) is 39.5 Å². The van der Waals surface area contributed by atoms with Crippen LogP contribution < -0.4 is 0 Å². The summed E-state index contributed by atoms with van der Waals surface area (Å²) in [7, 11) is 0. The largest absolute Gasteiger partial charge is 0.301 e. The minimum Gasteiger partial charge on any atom is -0.301 e. The molecule has 0 saturated heterocycles. The third-order valence-electron chi connectivity index (χ3n) is 3.00. The highest BCUT2D eigenvalue weighted by Gasteiger charge is 2.18. The van der Waals surface area contributed by atoms with Crippen molar-refractivity contribution in [2.75, 3.05) is 13.1 Å². The highest BCUT2D eigenvalue weighted by atomic mass is 15.1. The zero-order valence-electron chi connectivity index (χ0n) is 9.43. The molecular formula is C11H25N. The first-order valence-electron chi connectivity index (χ1n) is 5.45. The van der Waals surface area contributed by atoms with E-state index in [1.54, 1.807) is 0 Å². The quantitative estimate of drug-likeness (QED) is 0.593. The molecule has 0 aliphatic carbocycles. The van der Waals surface area contributed by atoms with Gasteiger partial charge in [-0.25, -0.2) is 0 Å². The molecule has 0 aromatic rings. The fourth-order valence-corrected chi connectivity index (χ4v) is 1.99. The van der Waals surface area contributed by atoms with E-state index >= 15 is 0 Å². The molecule has 0 saturated carbocycles. The Morgan fingerprint density at radius 3 is 1.67 bits per heavy atom. The van der Waals surface area contributed by atoms with Crippen molar-refractivity contribution >= 4 is 0 Å². The van der Waals surface area contributed by atoms with Crippen LogP contribution in [-0.4, -0.2) is 24.0 Å². The van der Waals surface area contributed by atoms with E-state index in [-0.39, 0.29) is 0 Å². The van der Waals surface area contributed by atoms with Crippen LogP contribution in [0, 0.1) is 5.92 Å². The van der Waals surface area contributed by atoms with Crippen molar-refractivity contribution < 1.29 is 0 Å². The first kappa shape index (κ1) is 12.0. The summed E-state index contributed by atoms with van der Waals surface area (Å²) < 4.78 is 0. The summed E-state index contributed by atoms with van der Waals surface area (Å²) in [6.07, 6.45) is 2.59. The first-order valence-corrected chi connectivity index (χ1v) is 5.45. The van der Waals surface area contributed by atoms with E-state index in [0.717, 1.165) is 12.0 Å². The van der Waals surface area contributed by atoms with Crippen molar-refractivity contribution in [3.8, 4) is 0 Å². The van der Waals surface area contributed by atoms with Crippen LogP contribution >= 0.6 is 0 Å². The predicted octanol–water partition coefficient (Wildman–Crippen LogP) is 3.15. The van der Waals surface area contributed by atoms with Crippen molar-refractivity contribution in [2.45, 2.75) is 53.5 Å².